The molecule has 1 atom stereocenters. The number of aliphatic hydroxyl groups is 1. The average Bonchev–Trinajstić information content (AvgIpc) is 2.42. The van der Waals surface area contributed by atoms with Crippen LogP contribution in [0.15, 0.2) is 18.2 Å². The number of aliphatic hydroxyl groups excluding tert-OH is 1. The van der Waals surface area contributed by atoms with E-state index in [9.17, 15) is 4.79 Å². The van der Waals surface area contributed by atoms with Crippen LogP contribution in [0.25, 0.3) is 0 Å². The van der Waals surface area contributed by atoms with Crippen LogP contribution >= 0.6 is 0 Å². The first kappa shape index (κ1) is 15.2. The number of nitrogens with two attached hydrogens (primary N) is 1. The molecule has 1 aromatic carbocycles. The quantitative estimate of drug-likeness (QED) is 0.788. The minimum absolute atomic E-state index is 0.0715. The van der Waals surface area contributed by atoms with Gasteiger partial charge < -0.3 is 15.7 Å². The molecule has 19 heavy (non-hydrogen) atoms. The maximum atomic E-state index is 12.4. The molecule has 4 nitrogen and oxygen atoms in total. The molecule has 0 heterocycles. The van der Waals surface area contributed by atoms with Crippen LogP contribution in [0.1, 0.15) is 28.4 Å². The van der Waals surface area contributed by atoms with Gasteiger partial charge in [0.25, 0.3) is 5.91 Å². The molecule has 0 fully saturated rings. The van der Waals surface area contributed by atoms with E-state index in [1.165, 1.54) is 4.90 Å². The first-order valence-electron chi connectivity index (χ1n) is 6.18. The summed E-state index contributed by atoms with van der Waals surface area (Å²) in [6, 6.07) is 5.27. The molecule has 0 aliphatic carbocycles. The van der Waals surface area contributed by atoms with Gasteiger partial charge in [-0.2, -0.15) is 0 Å². The van der Waals surface area contributed by atoms with E-state index >= 15 is 0 Å². The molecule has 4 heteroatoms. The number of likely N-dealkylation sites (N-methyl/N-ethyl adjacent to an activating group) is 1. The Morgan fingerprint density at radius 2 is 2.21 bits per heavy atom. The van der Waals surface area contributed by atoms with Crippen molar-refractivity contribution >= 4 is 5.91 Å². The van der Waals surface area contributed by atoms with Crippen molar-refractivity contribution in [3.8, 4) is 11.8 Å². The lowest BCUT2D eigenvalue weighted by Crippen LogP contribution is -2.37. The Balaban J connectivity index is 3.15. The normalized spacial score (nSPS) is 11.4. The summed E-state index contributed by atoms with van der Waals surface area (Å²) < 4.78 is 0. The van der Waals surface area contributed by atoms with Gasteiger partial charge in [-0.25, -0.2) is 0 Å². The fraction of sp³-hybridized carbons (Fsp3) is 0.400. The number of hydrogen-bond donors (Lipinski definition) is 2. The topological polar surface area (TPSA) is 66.6 Å². The van der Waals surface area contributed by atoms with Gasteiger partial charge in [0.2, 0.25) is 0 Å². The van der Waals surface area contributed by atoms with Gasteiger partial charge in [0.1, 0.15) is 0 Å². The van der Waals surface area contributed by atoms with Gasteiger partial charge in [-0.1, -0.05) is 17.9 Å². The van der Waals surface area contributed by atoms with Crippen molar-refractivity contribution in [3.63, 3.8) is 0 Å². The highest BCUT2D eigenvalue weighted by molar-refractivity contribution is 5.96. The van der Waals surface area contributed by atoms with Crippen molar-refractivity contribution in [2.24, 2.45) is 5.73 Å². The van der Waals surface area contributed by atoms with E-state index in [-0.39, 0.29) is 25.1 Å². The van der Waals surface area contributed by atoms with E-state index in [0.717, 1.165) is 5.56 Å². The first-order chi connectivity index (χ1) is 9.01. The smallest absolute Gasteiger partial charge is 0.255 e. The van der Waals surface area contributed by atoms with Gasteiger partial charge >= 0.3 is 0 Å². The van der Waals surface area contributed by atoms with Gasteiger partial charge in [-0.15, -0.1) is 0 Å². The van der Waals surface area contributed by atoms with E-state index < -0.39 is 0 Å². The molecule has 1 rings (SSSR count). The summed E-state index contributed by atoms with van der Waals surface area (Å²) in [6.07, 6.45) is 0. The summed E-state index contributed by atoms with van der Waals surface area (Å²) in [5.41, 5.74) is 7.62. The number of hydrogen-bond acceptors (Lipinski definition) is 3. The standard InChI is InChI=1S/C15H20N2O2/c1-11-6-7-14(13(9-11)5-4-8-16)15(19)17(3)12(2)10-18/h6-7,9,12,18H,8,10,16H2,1-3H3. The van der Waals surface area contributed by atoms with Crippen molar-refractivity contribution in [2.75, 3.05) is 20.2 Å². The van der Waals surface area contributed by atoms with Crippen molar-refractivity contribution in [1.29, 1.82) is 0 Å². The van der Waals surface area contributed by atoms with Crippen LogP contribution in [-0.4, -0.2) is 42.2 Å². The number of benzene rings is 1. The number of aryl methyl sites for hydroxylation is 1. The predicted molar refractivity (Wildman–Crippen MR) is 75.8 cm³/mol. The SMILES string of the molecule is Cc1ccc(C(=O)N(C)C(C)CO)c(C#CCN)c1. The van der Waals surface area contributed by atoms with Crippen LogP contribution in [0, 0.1) is 18.8 Å². The summed E-state index contributed by atoms with van der Waals surface area (Å²) in [6.45, 7) is 3.92. The number of amides is 1. The summed E-state index contributed by atoms with van der Waals surface area (Å²) in [5.74, 6) is 5.54. The van der Waals surface area contributed by atoms with Crippen LogP contribution in [0.4, 0.5) is 0 Å². The second-order valence-corrected chi connectivity index (χ2v) is 4.50. The first-order valence-corrected chi connectivity index (χ1v) is 6.18. The predicted octanol–water partition coefficient (Wildman–Crippen LogP) is 0.758. The van der Waals surface area contributed by atoms with E-state index in [1.54, 1.807) is 20.0 Å². The Hall–Kier alpha value is -1.83. The largest absolute Gasteiger partial charge is 0.394 e. The van der Waals surface area contributed by atoms with Crippen molar-refractivity contribution < 1.29 is 9.90 Å². The van der Waals surface area contributed by atoms with Crippen molar-refractivity contribution in [2.45, 2.75) is 19.9 Å². The van der Waals surface area contributed by atoms with Crippen molar-refractivity contribution in [3.05, 3.63) is 34.9 Å². The van der Waals surface area contributed by atoms with Gasteiger partial charge in [-0.3, -0.25) is 4.79 Å². The summed E-state index contributed by atoms with van der Waals surface area (Å²) in [5, 5.41) is 9.12. The van der Waals surface area contributed by atoms with Gasteiger partial charge in [-0.05, 0) is 31.5 Å². The second-order valence-electron chi connectivity index (χ2n) is 4.50. The zero-order valence-electron chi connectivity index (χ0n) is 11.6. The number of carbonyl (C=O) groups is 1. The van der Waals surface area contributed by atoms with Crippen molar-refractivity contribution in [1.82, 2.24) is 4.90 Å². The van der Waals surface area contributed by atoms with Gasteiger partial charge in [0.05, 0.1) is 24.8 Å². The minimum atomic E-state index is -0.232. The van der Waals surface area contributed by atoms with Crippen LogP contribution in [0.2, 0.25) is 0 Å². The third kappa shape index (κ3) is 3.82. The Bertz CT molecular complexity index is 515. The van der Waals surface area contributed by atoms with Crippen LogP contribution in [0.3, 0.4) is 0 Å². The van der Waals surface area contributed by atoms with E-state index in [4.69, 9.17) is 10.8 Å². The Kier molecular flexibility index (Phi) is 5.56. The highest BCUT2D eigenvalue weighted by Crippen LogP contribution is 2.14. The molecule has 1 unspecified atom stereocenters. The minimum Gasteiger partial charge on any atom is -0.394 e. The lowest BCUT2D eigenvalue weighted by Gasteiger charge is -2.23. The third-order valence-corrected chi connectivity index (χ3v) is 2.98. The van der Waals surface area contributed by atoms with Gasteiger partial charge in [0, 0.05) is 12.6 Å². The van der Waals surface area contributed by atoms with Crippen LogP contribution in [-0.2, 0) is 0 Å². The Labute approximate surface area is 114 Å². The maximum Gasteiger partial charge on any atom is 0.255 e. The lowest BCUT2D eigenvalue weighted by atomic mass is 10.0. The molecule has 0 radical (unpaired) electrons. The molecular formula is C15H20N2O2. The van der Waals surface area contributed by atoms with E-state index in [0.29, 0.717) is 11.1 Å². The zero-order chi connectivity index (χ0) is 14.4. The molecule has 3 N–H and O–H groups in total. The average molecular weight is 260 g/mol. The zero-order valence-corrected chi connectivity index (χ0v) is 11.6. The fourth-order valence-electron chi connectivity index (χ4n) is 1.61. The monoisotopic (exact) mass is 260 g/mol. The molecule has 0 spiro atoms. The molecule has 1 amide bonds. The molecule has 0 bridgehead atoms. The van der Waals surface area contributed by atoms with E-state index in [2.05, 4.69) is 11.8 Å². The maximum absolute atomic E-state index is 12.4. The van der Waals surface area contributed by atoms with E-state index in [1.807, 2.05) is 19.1 Å². The number of rotatable bonds is 3. The molecule has 0 aliphatic rings. The molecular weight excluding hydrogens is 240 g/mol. The second kappa shape index (κ2) is 6.93. The Morgan fingerprint density at radius 1 is 1.53 bits per heavy atom. The van der Waals surface area contributed by atoms with Gasteiger partial charge in [0.15, 0.2) is 0 Å². The van der Waals surface area contributed by atoms with Crippen LogP contribution < -0.4 is 5.73 Å². The summed E-state index contributed by atoms with van der Waals surface area (Å²) in [4.78, 5) is 13.9. The van der Waals surface area contributed by atoms with Crippen LogP contribution in [0.5, 0.6) is 0 Å². The third-order valence-electron chi connectivity index (χ3n) is 2.98. The number of nitrogens with zero attached hydrogens (tertiary/aromatic N) is 1. The highest BCUT2D eigenvalue weighted by atomic mass is 16.3. The molecule has 0 aromatic heterocycles. The molecule has 1 aromatic rings. The molecule has 0 aliphatic heterocycles. The molecule has 0 saturated carbocycles. The summed E-state index contributed by atoms with van der Waals surface area (Å²) in [7, 11) is 1.67. The molecule has 0 saturated heterocycles. The fourth-order valence-corrected chi connectivity index (χ4v) is 1.61. The number of carbonyl (C=O) groups excluding carboxylic acids is 1. The highest BCUT2D eigenvalue weighted by Gasteiger charge is 2.19. The molecule has 102 valence electrons. The Morgan fingerprint density at radius 3 is 2.79 bits per heavy atom. The summed E-state index contributed by atoms with van der Waals surface area (Å²) >= 11 is 0. The lowest BCUT2D eigenvalue weighted by molar-refractivity contribution is 0.0682.